The predicted molar refractivity (Wildman–Crippen MR) is 88.3 cm³/mol. The first kappa shape index (κ1) is 13.6. The molecule has 0 aliphatic rings. The number of rotatable bonds is 4. The average molecular weight is 305 g/mol. The number of pyridine rings is 1. The number of para-hydroxylation sites is 1. The van der Waals surface area contributed by atoms with Crippen molar-refractivity contribution in [1.82, 2.24) is 14.9 Å². The van der Waals surface area contributed by atoms with Crippen LogP contribution in [0, 0.1) is 0 Å². The second-order valence-corrected chi connectivity index (χ2v) is 5.32. The van der Waals surface area contributed by atoms with E-state index in [0.717, 1.165) is 5.52 Å². The number of nitrogens with zero attached hydrogens (tertiary/aromatic N) is 2. The Hall–Kier alpha value is -3.08. The van der Waals surface area contributed by atoms with Crippen molar-refractivity contribution in [3.05, 3.63) is 66.7 Å². The zero-order valence-corrected chi connectivity index (χ0v) is 12.4. The van der Waals surface area contributed by atoms with Gasteiger partial charge in [-0.15, -0.1) is 0 Å². The van der Waals surface area contributed by atoms with Crippen molar-refractivity contribution < 1.29 is 9.21 Å². The van der Waals surface area contributed by atoms with Crippen LogP contribution in [0.4, 0.5) is 0 Å². The summed E-state index contributed by atoms with van der Waals surface area (Å²) in [5.41, 5.74) is 2.47. The maximum absolute atomic E-state index is 12.2. The van der Waals surface area contributed by atoms with Crippen LogP contribution in [-0.4, -0.2) is 22.0 Å². The zero-order valence-electron chi connectivity index (χ0n) is 12.4. The molecule has 4 rings (SSSR count). The van der Waals surface area contributed by atoms with E-state index >= 15 is 0 Å². The highest BCUT2D eigenvalue weighted by molar-refractivity contribution is 5.95. The standard InChI is InChI=1S/C18H15N3O2/c22-18(17-12-14-16(23-17)6-3-8-19-14)20-9-11-21-10-7-13-4-1-2-5-15(13)21/h1-8,10,12H,9,11H2,(H,20,22). The van der Waals surface area contributed by atoms with Gasteiger partial charge in [-0.05, 0) is 29.7 Å². The molecule has 23 heavy (non-hydrogen) atoms. The summed E-state index contributed by atoms with van der Waals surface area (Å²) in [5.74, 6) is 0.0653. The number of amides is 1. The minimum atomic E-state index is -0.223. The molecule has 0 aliphatic carbocycles. The number of aromatic nitrogens is 2. The van der Waals surface area contributed by atoms with Crippen molar-refractivity contribution in [1.29, 1.82) is 0 Å². The van der Waals surface area contributed by atoms with Gasteiger partial charge in [0.1, 0.15) is 5.52 Å². The molecule has 1 N–H and O–H groups in total. The van der Waals surface area contributed by atoms with Crippen LogP contribution in [0.2, 0.25) is 0 Å². The van der Waals surface area contributed by atoms with E-state index in [2.05, 4.69) is 33.1 Å². The molecule has 0 bridgehead atoms. The van der Waals surface area contributed by atoms with Crippen LogP contribution in [0.15, 0.2) is 65.3 Å². The molecule has 1 amide bonds. The van der Waals surface area contributed by atoms with Crippen molar-refractivity contribution in [2.24, 2.45) is 0 Å². The lowest BCUT2D eigenvalue weighted by Gasteiger charge is -2.06. The molecule has 0 saturated carbocycles. The third-order valence-electron chi connectivity index (χ3n) is 3.83. The lowest BCUT2D eigenvalue weighted by atomic mass is 10.2. The van der Waals surface area contributed by atoms with Gasteiger partial charge in [-0.1, -0.05) is 18.2 Å². The number of nitrogens with one attached hydrogen (secondary N) is 1. The van der Waals surface area contributed by atoms with Gasteiger partial charge in [-0.3, -0.25) is 9.78 Å². The molecule has 5 nitrogen and oxygen atoms in total. The quantitative estimate of drug-likeness (QED) is 0.630. The van der Waals surface area contributed by atoms with E-state index in [-0.39, 0.29) is 11.7 Å². The molecule has 0 radical (unpaired) electrons. The lowest BCUT2D eigenvalue weighted by Crippen LogP contribution is -2.26. The first-order valence-corrected chi connectivity index (χ1v) is 7.48. The highest BCUT2D eigenvalue weighted by atomic mass is 16.3. The third kappa shape index (κ3) is 2.57. The topological polar surface area (TPSA) is 60.1 Å². The highest BCUT2D eigenvalue weighted by Gasteiger charge is 2.12. The monoisotopic (exact) mass is 305 g/mol. The number of carbonyl (C=O) groups excluding carboxylic acids is 1. The molecule has 3 aromatic heterocycles. The number of hydrogen-bond acceptors (Lipinski definition) is 3. The summed E-state index contributed by atoms with van der Waals surface area (Å²) in [4.78, 5) is 16.3. The number of fused-ring (bicyclic) bond motifs is 2. The van der Waals surface area contributed by atoms with Gasteiger partial charge < -0.3 is 14.3 Å². The average Bonchev–Trinajstić information content (AvgIpc) is 3.19. The Bertz CT molecular complexity index is 951. The molecular formula is C18H15N3O2. The fourth-order valence-corrected chi connectivity index (χ4v) is 2.69. The molecule has 0 atom stereocenters. The molecular weight excluding hydrogens is 290 g/mol. The van der Waals surface area contributed by atoms with Gasteiger partial charge in [0.2, 0.25) is 0 Å². The van der Waals surface area contributed by atoms with Gasteiger partial charge in [0.05, 0.1) is 0 Å². The fraction of sp³-hybridized carbons (Fsp3) is 0.111. The summed E-state index contributed by atoms with van der Waals surface area (Å²) in [6.45, 7) is 1.24. The van der Waals surface area contributed by atoms with E-state index in [1.807, 2.05) is 18.3 Å². The van der Waals surface area contributed by atoms with Gasteiger partial charge >= 0.3 is 0 Å². The van der Waals surface area contributed by atoms with Crippen LogP contribution < -0.4 is 5.32 Å². The zero-order chi connectivity index (χ0) is 15.6. The largest absolute Gasteiger partial charge is 0.449 e. The maximum Gasteiger partial charge on any atom is 0.287 e. The first-order chi connectivity index (χ1) is 11.3. The lowest BCUT2D eigenvalue weighted by molar-refractivity contribution is 0.0927. The van der Waals surface area contributed by atoms with E-state index in [1.165, 1.54) is 5.39 Å². The van der Waals surface area contributed by atoms with E-state index in [1.54, 1.807) is 24.4 Å². The van der Waals surface area contributed by atoms with Crippen LogP contribution >= 0.6 is 0 Å². The van der Waals surface area contributed by atoms with E-state index < -0.39 is 0 Å². The normalized spacial score (nSPS) is 11.1. The van der Waals surface area contributed by atoms with Crippen molar-refractivity contribution in [3.63, 3.8) is 0 Å². The fourth-order valence-electron chi connectivity index (χ4n) is 2.69. The summed E-state index contributed by atoms with van der Waals surface area (Å²) in [7, 11) is 0. The summed E-state index contributed by atoms with van der Waals surface area (Å²) < 4.78 is 7.63. The number of furan rings is 1. The van der Waals surface area contributed by atoms with Crippen LogP contribution in [0.5, 0.6) is 0 Å². The number of carbonyl (C=O) groups is 1. The Kier molecular flexibility index (Phi) is 3.31. The van der Waals surface area contributed by atoms with Crippen LogP contribution in [0.3, 0.4) is 0 Å². The minimum Gasteiger partial charge on any atom is -0.449 e. The molecule has 0 aliphatic heterocycles. The second-order valence-electron chi connectivity index (χ2n) is 5.32. The predicted octanol–water partition coefficient (Wildman–Crippen LogP) is 3.21. The third-order valence-corrected chi connectivity index (χ3v) is 3.83. The Labute approximate surface area is 132 Å². The van der Waals surface area contributed by atoms with Crippen LogP contribution in [0.25, 0.3) is 22.0 Å². The van der Waals surface area contributed by atoms with E-state index in [0.29, 0.717) is 24.2 Å². The summed E-state index contributed by atoms with van der Waals surface area (Å²) in [6.07, 6.45) is 3.71. The molecule has 114 valence electrons. The van der Waals surface area contributed by atoms with Crippen LogP contribution in [0.1, 0.15) is 10.6 Å². The molecule has 0 saturated heterocycles. The summed E-state index contributed by atoms with van der Waals surface area (Å²) in [5, 5.41) is 4.08. The Morgan fingerprint density at radius 2 is 2.09 bits per heavy atom. The van der Waals surface area contributed by atoms with Crippen molar-refractivity contribution in [2.75, 3.05) is 6.54 Å². The maximum atomic E-state index is 12.2. The Balaban J connectivity index is 1.43. The first-order valence-electron chi connectivity index (χ1n) is 7.48. The SMILES string of the molecule is O=C(NCCn1ccc2ccccc21)c1cc2ncccc2o1. The Morgan fingerprint density at radius 3 is 3.00 bits per heavy atom. The van der Waals surface area contributed by atoms with Gasteiger partial charge in [0.15, 0.2) is 11.3 Å². The molecule has 0 unspecified atom stereocenters. The van der Waals surface area contributed by atoms with E-state index in [4.69, 9.17) is 4.42 Å². The molecule has 4 aromatic rings. The van der Waals surface area contributed by atoms with E-state index in [9.17, 15) is 4.79 Å². The van der Waals surface area contributed by atoms with Gasteiger partial charge in [-0.2, -0.15) is 0 Å². The van der Waals surface area contributed by atoms with Gasteiger partial charge in [-0.25, -0.2) is 0 Å². The minimum absolute atomic E-state index is 0.223. The second kappa shape index (κ2) is 5.61. The highest BCUT2D eigenvalue weighted by Crippen LogP contribution is 2.17. The van der Waals surface area contributed by atoms with Crippen molar-refractivity contribution >= 4 is 27.9 Å². The number of benzene rings is 1. The van der Waals surface area contributed by atoms with Gasteiger partial charge in [0, 0.05) is 37.1 Å². The van der Waals surface area contributed by atoms with Crippen molar-refractivity contribution in [3.8, 4) is 0 Å². The molecule has 0 fully saturated rings. The van der Waals surface area contributed by atoms with Crippen LogP contribution in [-0.2, 0) is 6.54 Å². The summed E-state index contributed by atoms with van der Waals surface area (Å²) >= 11 is 0. The molecule has 1 aromatic carbocycles. The summed E-state index contributed by atoms with van der Waals surface area (Å²) in [6, 6.07) is 15.5. The number of hydrogen-bond donors (Lipinski definition) is 1. The van der Waals surface area contributed by atoms with Gasteiger partial charge in [0.25, 0.3) is 5.91 Å². The molecule has 3 heterocycles. The molecule has 0 spiro atoms. The van der Waals surface area contributed by atoms with Crippen molar-refractivity contribution in [2.45, 2.75) is 6.54 Å². The Morgan fingerprint density at radius 1 is 1.17 bits per heavy atom. The molecule has 5 heteroatoms. The smallest absolute Gasteiger partial charge is 0.287 e.